The number of carbonyl (C=O) groups excluding carboxylic acids is 2. The first-order valence-corrected chi connectivity index (χ1v) is 11.9. The van der Waals surface area contributed by atoms with E-state index in [2.05, 4.69) is 15.3 Å². The molecule has 0 radical (unpaired) electrons. The number of esters is 1. The van der Waals surface area contributed by atoms with Crippen LogP contribution in [0.15, 0.2) is 35.8 Å². The van der Waals surface area contributed by atoms with Gasteiger partial charge in [0.2, 0.25) is 0 Å². The minimum Gasteiger partial charge on any atom is -0.466 e. The molecule has 1 N–H and O–H groups in total. The maximum atomic E-state index is 13.5. The summed E-state index contributed by atoms with van der Waals surface area (Å²) in [7, 11) is 0. The van der Waals surface area contributed by atoms with Gasteiger partial charge in [0, 0.05) is 30.2 Å². The number of piperidine rings is 1. The van der Waals surface area contributed by atoms with Gasteiger partial charge < -0.3 is 9.64 Å². The molecule has 4 rings (SSSR count). The lowest BCUT2D eigenvalue weighted by atomic mass is 9.97. The summed E-state index contributed by atoms with van der Waals surface area (Å²) in [6.07, 6.45) is 2.71. The Morgan fingerprint density at radius 2 is 2.00 bits per heavy atom. The first kappa shape index (κ1) is 24.0. The number of anilines is 2. The van der Waals surface area contributed by atoms with E-state index in [4.69, 9.17) is 16.3 Å². The zero-order chi connectivity index (χ0) is 24.2. The molecule has 3 heterocycles. The molecule has 0 bridgehead atoms. The van der Waals surface area contributed by atoms with Gasteiger partial charge in [-0.25, -0.2) is 18.7 Å². The van der Waals surface area contributed by atoms with E-state index in [0.717, 1.165) is 23.5 Å². The van der Waals surface area contributed by atoms with Crippen molar-refractivity contribution in [2.75, 3.05) is 29.9 Å². The van der Waals surface area contributed by atoms with Crippen molar-refractivity contribution >= 4 is 45.8 Å². The maximum Gasteiger partial charge on any atom is 0.309 e. The van der Waals surface area contributed by atoms with Crippen LogP contribution in [0, 0.1) is 17.6 Å². The maximum absolute atomic E-state index is 13.5. The first-order chi connectivity index (χ1) is 16.4. The van der Waals surface area contributed by atoms with Gasteiger partial charge in [0.05, 0.1) is 28.8 Å². The highest BCUT2D eigenvalue weighted by atomic mass is 35.5. The number of hydrogen-bond acceptors (Lipinski definition) is 7. The van der Waals surface area contributed by atoms with E-state index in [1.54, 1.807) is 12.3 Å². The molecule has 1 aliphatic heterocycles. The number of benzene rings is 1. The Balaban J connectivity index is 1.39. The molecule has 0 spiro atoms. The fourth-order valence-corrected chi connectivity index (χ4v) is 4.66. The summed E-state index contributed by atoms with van der Waals surface area (Å²) in [5.74, 6) is -2.12. The lowest BCUT2D eigenvalue weighted by Gasteiger charge is -2.32. The highest BCUT2D eigenvalue weighted by Crippen LogP contribution is 2.30. The number of nitrogens with one attached hydrogen (secondary N) is 1. The van der Waals surface area contributed by atoms with Crippen LogP contribution in [0.5, 0.6) is 0 Å². The summed E-state index contributed by atoms with van der Waals surface area (Å²) in [5, 5.41) is 4.92. The Bertz CT molecular complexity index is 1210. The second-order valence-electron chi connectivity index (χ2n) is 7.66. The number of pyridine rings is 1. The predicted molar refractivity (Wildman–Crippen MR) is 126 cm³/mol. The van der Waals surface area contributed by atoms with Gasteiger partial charge in [-0.1, -0.05) is 11.6 Å². The van der Waals surface area contributed by atoms with Crippen molar-refractivity contribution < 1.29 is 23.1 Å². The zero-order valence-electron chi connectivity index (χ0n) is 18.2. The summed E-state index contributed by atoms with van der Waals surface area (Å²) in [4.78, 5) is 35.2. The summed E-state index contributed by atoms with van der Waals surface area (Å²) in [5.41, 5.74) is 1.06. The molecule has 3 aromatic rings. The van der Waals surface area contributed by atoms with E-state index in [-0.39, 0.29) is 17.5 Å². The molecule has 7 nitrogen and oxygen atoms in total. The molecule has 1 aliphatic rings. The smallest absolute Gasteiger partial charge is 0.309 e. The Labute approximate surface area is 203 Å². The molecule has 1 saturated heterocycles. The van der Waals surface area contributed by atoms with Gasteiger partial charge in [-0.15, -0.1) is 11.3 Å². The number of carbonyl (C=O) groups is 2. The third kappa shape index (κ3) is 5.34. The van der Waals surface area contributed by atoms with E-state index in [1.807, 2.05) is 4.90 Å². The standard InChI is InChI=1S/C23H21ClF2N4O3S/c1-2-33-22(32)13-5-7-30(8-6-13)20-16(24)9-15(11-27-20)21(31)29-23-28-19(12-34-23)14-3-4-17(25)18(26)10-14/h3-4,9-13H,2,5-8H2,1H3,(H,28,29,31). The van der Waals surface area contributed by atoms with Gasteiger partial charge in [-0.3, -0.25) is 14.9 Å². The molecule has 2 aromatic heterocycles. The zero-order valence-corrected chi connectivity index (χ0v) is 19.8. The Morgan fingerprint density at radius 1 is 1.24 bits per heavy atom. The number of nitrogens with zero attached hydrogens (tertiary/aromatic N) is 3. The molecule has 0 unspecified atom stereocenters. The average Bonchev–Trinajstić information content (AvgIpc) is 3.29. The molecule has 11 heteroatoms. The molecule has 0 atom stereocenters. The molecule has 0 saturated carbocycles. The van der Waals surface area contributed by atoms with Crippen LogP contribution in [0.2, 0.25) is 5.02 Å². The van der Waals surface area contributed by atoms with E-state index in [1.165, 1.54) is 18.3 Å². The average molecular weight is 507 g/mol. The van der Waals surface area contributed by atoms with E-state index in [0.29, 0.717) is 59.8 Å². The van der Waals surface area contributed by atoms with Gasteiger partial charge in [0.1, 0.15) is 5.82 Å². The summed E-state index contributed by atoms with van der Waals surface area (Å²) in [6, 6.07) is 5.02. The van der Waals surface area contributed by atoms with Crippen LogP contribution < -0.4 is 10.2 Å². The third-order valence-corrected chi connectivity index (χ3v) is 6.47. The Kier molecular flexibility index (Phi) is 7.38. The fourth-order valence-electron chi connectivity index (χ4n) is 3.66. The van der Waals surface area contributed by atoms with Crippen molar-refractivity contribution in [3.8, 4) is 11.3 Å². The van der Waals surface area contributed by atoms with Crippen molar-refractivity contribution in [2.24, 2.45) is 5.92 Å². The minimum absolute atomic E-state index is 0.130. The lowest BCUT2D eigenvalue weighted by molar-refractivity contribution is -0.148. The number of hydrogen-bond donors (Lipinski definition) is 1. The Hall–Kier alpha value is -3.11. The van der Waals surface area contributed by atoms with Crippen molar-refractivity contribution in [1.29, 1.82) is 0 Å². The quantitative estimate of drug-likeness (QED) is 0.464. The van der Waals surface area contributed by atoms with Gasteiger partial charge in [-0.2, -0.15) is 0 Å². The summed E-state index contributed by atoms with van der Waals surface area (Å²) < 4.78 is 31.7. The first-order valence-electron chi connectivity index (χ1n) is 10.6. The minimum atomic E-state index is -0.970. The molecule has 1 fully saturated rings. The van der Waals surface area contributed by atoms with Crippen LogP contribution in [0.25, 0.3) is 11.3 Å². The van der Waals surface area contributed by atoms with Crippen LogP contribution in [0.3, 0.4) is 0 Å². The highest BCUT2D eigenvalue weighted by molar-refractivity contribution is 7.14. The summed E-state index contributed by atoms with van der Waals surface area (Å²) >= 11 is 7.57. The van der Waals surface area contributed by atoms with Crippen molar-refractivity contribution in [3.05, 3.63) is 58.1 Å². The number of thiazole rings is 1. The number of aromatic nitrogens is 2. The van der Waals surface area contributed by atoms with Gasteiger partial charge in [0.25, 0.3) is 5.91 Å². The molecule has 0 aliphatic carbocycles. The molecule has 1 aromatic carbocycles. The number of halogens is 3. The second-order valence-corrected chi connectivity index (χ2v) is 8.93. The van der Waals surface area contributed by atoms with Crippen LogP contribution in [-0.2, 0) is 9.53 Å². The second kappa shape index (κ2) is 10.4. The molecular formula is C23H21ClF2N4O3S. The van der Waals surface area contributed by atoms with E-state index in [9.17, 15) is 18.4 Å². The Morgan fingerprint density at radius 3 is 2.68 bits per heavy atom. The topological polar surface area (TPSA) is 84.4 Å². The third-order valence-electron chi connectivity index (χ3n) is 5.44. The number of rotatable bonds is 6. The van der Waals surface area contributed by atoms with Crippen LogP contribution in [0.1, 0.15) is 30.1 Å². The van der Waals surface area contributed by atoms with Crippen molar-refractivity contribution in [3.63, 3.8) is 0 Å². The van der Waals surface area contributed by atoms with Gasteiger partial charge in [0.15, 0.2) is 16.8 Å². The van der Waals surface area contributed by atoms with Crippen molar-refractivity contribution in [1.82, 2.24) is 9.97 Å². The molecule has 1 amide bonds. The van der Waals surface area contributed by atoms with Crippen LogP contribution in [0.4, 0.5) is 19.7 Å². The molecule has 34 heavy (non-hydrogen) atoms. The molecule has 178 valence electrons. The SMILES string of the molecule is CCOC(=O)C1CCN(c2ncc(C(=O)Nc3nc(-c4ccc(F)c(F)c4)cs3)cc2Cl)CC1. The summed E-state index contributed by atoms with van der Waals surface area (Å²) in [6.45, 7) is 3.36. The normalized spacial score (nSPS) is 14.2. The van der Waals surface area contributed by atoms with Gasteiger partial charge in [-0.05, 0) is 44.0 Å². The monoisotopic (exact) mass is 506 g/mol. The molecular weight excluding hydrogens is 486 g/mol. The fraction of sp³-hybridized carbons (Fsp3) is 0.304. The van der Waals surface area contributed by atoms with Crippen molar-refractivity contribution in [2.45, 2.75) is 19.8 Å². The number of ether oxygens (including phenoxy) is 1. The van der Waals surface area contributed by atoms with Crippen LogP contribution in [-0.4, -0.2) is 41.5 Å². The number of amides is 1. The van der Waals surface area contributed by atoms with E-state index >= 15 is 0 Å². The largest absolute Gasteiger partial charge is 0.466 e. The predicted octanol–water partition coefficient (Wildman–Crippen LogP) is 5.17. The van der Waals surface area contributed by atoms with E-state index < -0.39 is 17.5 Å². The lowest BCUT2D eigenvalue weighted by Crippen LogP contribution is -2.37. The van der Waals surface area contributed by atoms with Gasteiger partial charge >= 0.3 is 5.97 Å². The van der Waals surface area contributed by atoms with Crippen LogP contribution >= 0.6 is 22.9 Å². The highest BCUT2D eigenvalue weighted by Gasteiger charge is 2.27.